The molecule has 142 valence electrons. The zero-order chi connectivity index (χ0) is 20.0. The lowest BCUT2D eigenvalue weighted by molar-refractivity contribution is -0.254. The molecule has 0 aromatic heterocycles. The molecular weight excluding hydrogens is 344 g/mol. The standard InChI is InChI=1S/C18H22O8/c1-15(21)5-7-17(3,23)11(9-15)13(19)25-26-14(20)12-10-16(2,22)6-8-18(12,4)24/h5-10,21-24H,1-4H3. The van der Waals surface area contributed by atoms with Crippen molar-refractivity contribution in [2.45, 2.75) is 50.1 Å². The van der Waals surface area contributed by atoms with Crippen molar-refractivity contribution in [3.8, 4) is 0 Å². The molecule has 4 N–H and O–H groups in total. The van der Waals surface area contributed by atoms with Crippen molar-refractivity contribution < 1.29 is 39.8 Å². The van der Waals surface area contributed by atoms with Crippen LogP contribution in [0.4, 0.5) is 0 Å². The van der Waals surface area contributed by atoms with Crippen molar-refractivity contribution in [3.05, 3.63) is 47.6 Å². The molecule has 2 aliphatic carbocycles. The third-order valence-electron chi connectivity index (χ3n) is 4.09. The summed E-state index contributed by atoms with van der Waals surface area (Å²) < 4.78 is 0. The fourth-order valence-electron chi connectivity index (χ4n) is 2.51. The van der Waals surface area contributed by atoms with Gasteiger partial charge in [0, 0.05) is 0 Å². The molecule has 4 unspecified atom stereocenters. The Hall–Kier alpha value is -2.26. The van der Waals surface area contributed by atoms with Crippen LogP contribution in [0.2, 0.25) is 0 Å². The van der Waals surface area contributed by atoms with Crippen molar-refractivity contribution in [3.63, 3.8) is 0 Å². The van der Waals surface area contributed by atoms with Crippen LogP contribution < -0.4 is 0 Å². The third kappa shape index (κ3) is 4.28. The molecule has 8 nitrogen and oxygen atoms in total. The Kier molecular flexibility index (Phi) is 4.76. The summed E-state index contributed by atoms with van der Waals surface area (Å²) in [4.78, 5) is 33.3. The first kappa shape index (κ1) is 20.1. The Morgan fingerprint density at radius 3 is 1.31 bits per heavy atom. The molecule has 0 spiro atoms. The van der Waals surface area contributed by atoms with E-state index < -0.39 is 34.3 Å². The van der Waals surface area contributed by atoms with Crippen molar-refractivity contribution in [1.82, 2.24) is 0 Å². The molecule has 2 rings (SSSR count). The zero-order valence-electron chi connectivity index (χ0n) is 14.9. The Morgan fingerprint density at radius 1 is 0.692 bits per heavy atom. The van der Waals surface area contributed by atoms with Gasteiger partial charge in [0.25, 0.3) is 0 Å². The van der Waals surface area contributed by atoms with Crippen molar-refractivity contribution in [2.75, 3.05) is 0 Å². The average Bonchev–Trinajstić information content (AvgIpc) is 2.50. The van der Waals surface area contributed by atoms with Crippen LogP contribution in [0.25, 0.3) is 0 Å². The van der Waals surface area contributed by atoms with Crippen LogP contribution in [0.1, 0.15) is 27.7 Å². The topological polar surface area (TPSA) is 134 Å². The molecular formula is C18H22O8. The Balaban J connectivity index is 2.13. The predicted molar refractivity (Wildman–Crippen MR) is 89.1 cm³/mol. The summed E-state index contributed by atoms with van der Waals surface area (Å²) in [5.74, 6) is -2.38. The molecule has 0 aliphatic heterocycles. The first-order valence-corrected chi connectivity index (χ1v) is 7.85. The summed E-state index contributed by atoms with van der Waals surface area (Å²) in [6.45, 7) is 5.36. The highest BCUT2D eigenvalue weighted by Gasteiger charge is 2.40. The van der Waals surface area contributed by atoms with Gasteiger partial charge in [-0.1, -0.05) is 12.2 Å². The van der Waals surface area contributed by atoms with Gasteiger partial charge in [-0.05, 0) is 52.0 Å². The fourth-order valence-corrected chi connectivity index (χ4v) is 2.51. The number of hydrogen-bond acceptors (Lipinski definition) is 8. The Bertz CT molecular complexity index is 683. The van der Waals surface area contributed by atoms with Crippen LogP contribution in [-0.4, -0.2) is 54.8 Å². The van der Waals surface area contributed by atoms with Gasteiger partial charge in [0.2, 0.25) is 0 Å². The Morgan fingerprint density at radius 2 is 1.00 bits per heavy atom. The molecule has 0 heterocycles. The minimum absolute atomic E-state index is 0.325. The van der Waals surface area contributed by atoms with Crippen LogP contribution in [0.3, 0.4) is 0 Å². The molecule has 0 radical (unpaired) electrons. The summed E-state index contributed by atoms with van der Waals surface area (Å²) in [5.41, 5.74) is -7.08. The maximum Gasteiger partial charge on any atom is 0.385 e. The predicted octanol–water partition coefficient (Wildman–Crippen LogP) is -0.0158. The molecule has 0 fully saturated rings. The first-order valence-electron chi connectivity index (χ1n) is 7.85. The molecule has 0 aromatic rings. The second-order valence-corrected chi connectivity index (χ2v) is 7.27. The minimum atomic E-state index is -1.73. The van der Waals surface area contributed by atoms with E-state index >= 15 is 0 Å². The fraction of sp³-hybridized carbons (Fsp3) is 0.444. The molecule has 0 saturated heterocycles. The van der Waals surface area contributed by atoms with E-state index in [1.54, 1.807) is 0 Å². The largest absolute Gasteiger partial charge is 0.385 e. The van der Waals surface area contributed by atoms with Gasteiger partial charge in [0.15, 0.2) is 0 Å². The van der Waals surface area contributed by atoms with Gasteiger partial charge in [0.1, 0.15) is 11.2 Å². The summed E-state index contributed by atoms with van der Waals surface area (Å²) in [6, 6.07) is 0. The van der Waals surface area contributed by atoms with E-state index in [4.69, 9.17) is 0 Å². The second kappa shape index (κ2) is 6.17. The van der Waals surface area contributed by atoms with Gasteiger partial charge in [-0.3, -0.25) is 0 Å². The average molecular weight is 366 g/mol. The van der Waals surface area contributed by atoms with Crippen molar-refractivity contribution in [2.24, 2.45) is 0 Å². The van der Waals surface area contributed by atoms with Gasteiger partial charge in [-0.2, -0.15) is 0 Å². The normalized spacial score (nSPS) is 39.1. The lowest BCUT2D eigenvalue weighted by Crippen LogP contribution is -2.39. The molecule has 26 heavy (non-hydrogen) atoms. The van der Waals surface area contributed by atoms with E-state index in [1.165, 1.54) is 52.0 Å². The highest BCUT2D eigenvalue weighted by atomic mass is 17.2. The molecule has 0 bridgehead atoms. The van der Waals surface area contributed by atoms with Gasteiger partial charge in [0.05, 0.1) is 22.3 Å². The SMILES string of the molecule is CC1(O)C=CC(C)(O)C(C(=O)OOC(=O)C2=CC(C)(O)C=CC2(C)O)=C1. The van der Waals surface area contributed by atoms with Gasteiger partial charge >= 0.3 is 11.9 Å². The highest BCUT2D eigenvalue weighted by Crippen LogP contribution is 2.31. The highest BCUT2D eigenvalue weighted by molar-refractivity contribution is 5.94. The second-order valence-electron chi connectivity index (χ2n) is 7.27. The quantitative estimate of drug-likeness (QED) is 0.304. The van der Waals surface area contributed by atoms with Crippen LogP contribution >= 0.6 is 0 Å². The summed E-state index contributed by atoms with van der Waals surface area (Å²) in [6.07, 6.45) is 7.17. The zero-order valence-corrected chi connectivity index (χ0v) is 14.9. The molecule has 0 aromatic carbocycles. The van der Waals surface area contributed by atoms with Crippen LogP contribution in [0.5, 0.6) is 0 Å². The van der Waals surface area contributed by atoms with Gasteiger partial charge < -0.3 is 20.4 Å². The summed E-state index contributed by atoms with van der Waals surface area (Å²) in [5, 5.41) is 40.3. The number of rotatable bonds is 2. The maximum atomic E-state index is 12.2. The van der Waals surface area contributed by atoms with Gasteiger partial charge in [-0.15, -0.1) is 0 Å². The van der Waals surface area contributed by atoms with E-state index in [0.29, 0.717) is 0 Å². The molecule has 8 heteroatoms. The lowest BCUT2D eigenvalue weighted by atomic mass is 9.84. The molecule has 0 amide bonds. The molecule has 2 aliphatic rings. The van der Waals surface area contributed by atoms with E-state index in [0.717, 1.165) is 12.2 Å². The van der Waals surface area contributed by atoms with Gasteiger partial charge in [-0.25, -0.2) is 19.4 Å². The van der Waals surface area contributed by atoms with E-state index in [2.05, 4.69) is 9.78 Å². The number of aliphatic hydroxyl groups is 4. The summed E-state index contributed by atoms with van der Waals surface area (Å²) in [7, 11) is 0. The minimum Gasteiger partial charge on any atom is -0.382 e. The number of carbonyl (C=O) groups is 2. The molecule has 4 atom stereocenters. The first-order chi connectivity index (χ1) is 11.7. The van der Waals surface area contributed by atoms with Crippen LogP contribution in [0, 0.1) is 0 Å². The van der Waals surface area contributed by atoms with E-state index in [1.807, 2.05) is 0 Å². The number of hydrogen-bond donors (Lipinski definition) is 4. The van der Waals surface area contributed by atoms with E-state index in [9.17, 15) is 30.0 Å². The van der Waals surface area contributed by atoms with E-state index in [-0.39, 0.29) is 11.1 Å². The monoisotopic (exact) mass is 366 g/mol. The van der Waals surface area contributed by atoms with Crippen molar-refractivity contribution >= 4 is 11.9 Å². The lowest BCUT2D eigenvalue weighted by Gasteiger charge is -2.30. The van der Waals surface area contributed by atoms with Crippen molar-refractivity contribution in [1.29, 1.82) is 0 Å². The third-order valence-corrected chi connectivity index (χ3v) is 4.09. The Labute approximate surface area is 150 Å². The maximum absolute atomic E-state index is 12.2. The molecule has 0 saturated carbocycles. The smallest absolute Gasteiger partial charge is 0.382 e. The van der Waals surface area contributed by atoms with Crippen LogP contribution in [0.15, 0.2) is 47.6 Å². The number of carbonyl (C=O) groups excluding carboxylic acids is 2. The van der Waals surface area contributed by atoms with Crippen LogP contribution in [-0.2, 0) is 19.4 Å². The summed E-state index contributed by atoms with van der Waals surface area (Å²) >= 11 is 0.